The summed E-state index contributed by atoms with van der Waals surface area (Å²) in [4.78, 5) is 25.3. The molecule has 0 radical (unpaired) electrons. The molecule has 2 rings (SSSR count). The summed E-state index contributed by atoms with van der Waals surface area (Å²) in [6.45, 7) is 11.7. The third-order valence-electron chi connectivity index (χ3n) is 4.68. The summed E-state index contributed by atoms with van der Waals surface area (Å²) in [5.74, 6) is 0.0876. The molecule has 1 heterocycles. The number of nitrogens with zero attached hydrogens (tertiary/aromatic N) is 4. The van der Waals surface area contributed by atoms with Crippen molar-refractivity contribution in [1.82, 2.24) is 30.8 Å². The molecule has 0 bridgehead atoms. The van der Waals surface area contributed by atoms with Gasteiger partial charge < -0.3 is 20.1 Å². The van der Waals surface area contributed by atoms with Crippen LogP contribution in [0.3, 0.4) is 0 Å². The third kappa shape index (κ3) is 8.80. The van der Waals surface area contributed by atoms with E-state index in [1.807, 2.05) is 30.3 Å². The molecule has 2 aromatic rings. The highest BCUT2D eigenvalue weighted by Gasteiger charge is 2.34. The number of alkyl carbamates (subject to hydrolysis) is 1. The minimum atomic E-state index is -1.23. The van der Waals surface area contributed by atoms with Crippen molar-refractivity contribution in [2.45, 2.75) is 84.7 Å². The van der Waals surface area contributed by atoms with E-state index < -0.39 is 29.2 Å². The van der Waals surface area contributed by atoms with E-state index in [0.29, 0.717) is 19.0 Å². The predicted octanol–water partition coefficient (Wildman–Crippen LogP) is 3.15. The van der Waals surface area contributed by atoms with Crippen molar-refractivity contribution in [1.29, 1.82) is 0 Å². The van der Waals surface area contributed by atoms with E-state index in [4.69, 9.17) is 9.47 Å². The van der Waals surface area contributed by atoms with Crippen LogP contribution in [0.15, 0.2) is 30.3 Å². The first-order valence-corrected chi connectivity index (χ1v) is 11.2. The van der Waals surface area contributed by atoms with Gasteiger partial charge >= 0.3 is 6.09 Å². The van der Waals surface area contributed by atoms with E-state index in [1.165, 1.54) is 0 Å². The molecule has 1 aromatic heterocycles. The van der Waals surface area contributed by atoms with E-state index in [1.54, 1.807) is 39.3 Å². The van der Waals surface area contributed by atoms with Gasteiger partial charge in [-0.05, 0) is 57.0 Å². The number of unbranched alkanes of at least 4 members (excludes halogenated alkanes) is 1. The number of ether oxygens (including phenoxy) is 2. The molecule has 0 aliphatic heterocycles. The second kappa shape index (κ2) is 11.7. The first-order valence-electron chi connectivity index (χ1n) is 11.2. The number of carbonyl (C=O) groups is 2. The van der Waals surface area contributed by atoms with E-state index in [-0.39, 0.29) is 6.61 Å². The van der Waals surface area contributed by atoms with Crippen LogP contribution in [0.1, 0.15) is 71.8 Å². The number of hydrogen-bond donors (Lipinski definition) is 2. The molecular weight excluding hydrogens is 424 g/mol. The molecule has 182 valence electrons. The average molecular weight is 461 g/mol. The van der Waals surface area contributed by atoms with Crippen LogP contribution in [-0.2, 0) is 27.4 Å². The highest BCUT2D eigenvalue weighted by Crippen LogP contribution is 2.15. The number of benzene rings is 1. The smallest absolute Gasteiger partial charge is 0.408 e. The lowest BCUT2D eigenvalue weighted by molar-refractivity contribution is -0.127. The number of rotatable bonds is 11. The molecule has 2 N–H and O–H groups in total. The van der Waals surface area contributed by atoms with Crippen molar-refractivity contribution in [2.24, 2.45) is 0 Å². The number of carbonyl (C=O) groups excluding carboxylic acids is 2. The summed E-state index contributed by atoms with van der Waals surface area (Å²) >= 11 is 0. The lowest BCUT2D eigenvalue weighted by Gasteiger charge is -2.29. The molecule has 2 amide bonds. The zero-order valence-electron chi connectivity index (χ0n) is 20.4. The summed E-state index contributed by atoms with van der Waals surface area (Å²) in [7, 11) is 0. The molecule has 0 fully saturated rings. The summed E-state index contributed by atoms with van der Waals surface area (Å²) < 4.78 is 12.9. The van der Waals surface area contributed by atoms with Crippen LogP contribution in [0.5, 0.6) is 0 Å². The van der Waals surface area contributed by atoms with E-state index in [2.05, 4.69) is 33.1 Å². The zero-order valence-corrected chi connectivity index (χ0v) is 20.4. The Hall–Kier alpha value is -3.01. The van der Waals surface area contributed by atoms with Crippen LogP contribution >= 0.6 is 0 Å². The molecule has 1 atom stereocenters. The van der Waals surface area contributed by atoms with Gasteiger partial charge in [0.05, 0.1) is 13.2 Å². The minimum Gasteiger partial charge on any atom is -0.444 e. The van der Waals surface area contributed by atoms with Gasteiger partial charge in [0.2, 0.25) is 5.91 Å². The average Bonchev–Trinajstić information content (AvgIpc) is 3.18. The van der Waals surface area contributed by atoms with Crippen LogP contribution in [0.2, 0.25) is 0 Å². The number of tetrazole rings is 1. The van der Waals surface area contributed by atoms with Gasteiger partial charge in [0.1, 0.15) is 17.2 Å². The Morgan fingerprint density at radius 2 is 1.82 bits per heavy atom. The standard InChI is InChI=1S/C23H36N6O4/c1-7-8-14-29-19(26-27-28-29)18(16-32-15-17-12-10-9-11-13-17)24-20(30)23(5,6)25-21(31)33-22(2,3)4/h9-13,18H,7-8,14-16H2,1-6H3,(H,24,30)(H,25,31)/t18-/m1/s1. The fourth-order valence-electron chi connectivity index (χ4n) is 2.93. The predicted molar refractivity (Wildman–Crippen MR) is 123 cm³/mol. The van der Waals surface area contributed by atoms with Gasteiger partial charge in [-0.15, -0.1) is 5.10 Å². The monoisotopic (exact) mass is 460 g/mol. The van der Waals surface area contributed by atoms with Gasteiger partial charge in [0, 0.05) is 6.54 Å². The van der Waals surface area contributed by atoms with Crippen LogP contribution in [-0.4, -0.2) is 50.0 Å². The summed E-state index contributed by atoms with van der Waals surface area (Å²) in [6.07, 6.45) is 1.20. The first-order chi connectivity index (χ1) is 15.5. The Morgan fingerprint density at radius 1 is 1.12 bits per heavy atom. The first kappa shape index (κ1) is 26.2. The van der Waals surface area contributed by atoms with E-state index in [9.17, 15) is 9.59 Å². The van der Waals surface area contributed by atoms with E-state index >= 15 is 0 Å². The van der Waals surface area contributed by atoms with Crippen molar-refractivity contribution in [2.75, 3.05) is 6.61 Å². The van der Waals surface area contributed by atoms with Gasteiger partial charge in [-0.25, -0.2) is 9.48 Å². The highest BCUT2D eigenvalue weighted by atomic mass is 16.6. The quantitative estimate of drug-likeness (QED) is 0.528. The van der Waals surface area contributed by atoms with Gasteiger partial charge in [0.25, 0.3) is 0 Å². The molecule has 10 nitrogen and oxygen atoms in total. The van der Waals surface area contributed by atoms with Gasteiger partial charge in [-0.2, -0.15) is 0 Å². The van der Waals surface area contributed by atoms with Crippen LogP contribution < -0.4 is 10.6 Å². The Kier molecular flexibility index (Phi) is 9.33. The second-order valence-electron chi connectivity index (χ2n) is 9.39. The van der Waals surface area contributed by atoms with Crippen molar-refractivity contribution in [3.05, 3.63) is 41.7 Å². The number of aryl methyl sites for hydroxylation is 1. The second-order valence-corrected chi connectivity index (χ2v) is 9.39. The molecule has 0 aliphatic carbocycles. The minimum absolute atomic E-state index is 0.162. The van der Waals surface area contributed by atoms with Crippen molar-refractivity contribution < 1.29 is 19.1 Å². The molecule has 0 saturated carbocycles. The number of aromatic nitrogens is 4. The highest BCUT2D eigenvalue weighted by molar-refractivity contribution is 5.89. The topological polar surface area (TPSA) is 120 Å². The molecule has 0 unspecified atom stereocenters. The largest absolute Gasteiger partial charge is 0.444 e. The lowest BCUT2D eigenvalue weighted by Crippen LogP contribution is -2.56. The summed E-state index contributed by atoms with van der Waals surface area (Å²) in [5, 5.41) is 17.5. The normalized spacial score (nSPS) is 12.8. The van der Waals surface area contributed by atoms with Gasteiger partial charge in [-0.1, -0.05) is 43.7 Å². The van der Waals surface area contributed by atoms with Crippen molar-refractivity contribution >= 4 is 12.0 Å². The Morgan fingerprint density at radius 3 is 2.45 bits per heavy atom. The Balaban J connectivity index is 2.12. The van der Waals surface area contributed by atoms with Crippen molar-refractivity contribution in [3.8, 4) is 0 Å². The fraction of sp³-hybridized carbons (Fsp3) is 0.609. The van der Waals surface area contributed by atoms with Crippen LogP contribution in [0.25, 0.3) is 0 Å². The Bertz CT molecular complexity index is 892. The molecule has 1 aromatic carbocycles. The number of nitrogens with one attached hydrogen (secondary N) is 2. The molecular formula is C23H36N6O4. The van der Waals surface area contributed by atoms with E-state index in [0.717, 1.165) is 18.4 Å². The molecule has 33 heavy (non-hydrogen) atoms. The van der Waals surface area contributed by atoms with Gasteiger partial charge in [0.15, 0.2) is 5.82 Å². The third-order valence-corrected chi connectivity index (χ3v) is 4.68. The number of hydrogen-bond acceptors (Lipinski definition) is 7. The molecule has 0 saturated heterocycles. The fourth-order valence-corrected chi connectivity index (χ4v) is 2.93. The van der Waals surface area contributed by atoms with Crippen molar-refractivity contribution in [3.63, 3.8) is 0 Å². The maximum Gasteiger partial charge on any atom is 0.408 e. The SMILES string of the molecule is CCCCn1nnnc1[C@@H](COCc1ccccc1)NC(=O)C(C)(C)NC(=O)OC(C)(C)C. The molecule has 10 heteroatoms. The van der Waals surface area contributed by atoms with Crippen LogP contribution in [0, 0.1) is 0 Å². The Labute approximate surface area is 195 Å². The number of amides is 2. The summed E-state index contributed by atoms with van der Waals surface area (Å²) in [5.41, 5.74) is -0.895. The summed E-state index contributed by atoms with van der Waals surface area (Å²) in [6, 6.07) is 9.14. The zero-order chi connectivity index (χ0) is 24.5. The van der Waals surface area contributed by atoms with Gasteiger partial charge in [-0.3, -0.25) is 4.79 Å². The molecule has 0 aliphatic rings. The maximum absolute atomic E-state index is 13.1. The maximum atomic E-state index is 13.1. The van der Waals surface area contributed by atoms with Crippen LogP contribution in [0.4, 0.5) is 4.79 Å². The lowest BCUT2D eigenvalue weighted by atomic mass is 10.0. The molecule has 0 spiro atoms.